The second-order valence-corrected chi connectivity index (χ2v) is 7.87. The molecule has 0 aliphatic rings. The van der Waals surface area contributed by atoms with E-state index >= 15 is 0 Å². The van der Waals surface area contributed by atoms with E-state index in [-0.39, 0.29) is 17.0 Å². The Hall–Kier alpha value is -2.74. The summed E-state index contributed by atoms with van der Waals surface area (Å²) in [6.07, 6.45) is 0.988. The quantitative estimate of drug-likeness (QED) is 0.675. The zero-order valence-corrected chi connectivity index (χ0v) is 15.8. The molecule has 0 spiro atoms. The summed E-state index contributed by atoms with van der Waals surface area (Å²) in [4.78, 5) is 25.8. The van der Waals surface area contributed by atoms with Gasteiger partial charge >= 0.3 is 5.97 Å². The van der Waals surface area contributed by atoms with Gasteiger partial charge in [0.05, 0.1) is 10.5 Å². The molecule has 27 heavy (non-hydrogen) atoms. The molecule has 6 nitrogen and oxygen atoms in total. The van der Waals surface area contributed by atoms with E-state index in [9.17, 15) is 22.4 Å². The fourth-order valence-electron chi connectivity index (χ4n) is 2.49. The van der Waals surface area contributed by atoms with Crippen molar-refractivity contribution in [1.82, 2.24) is 4.90 Å². The molecule has 8 heteroatoms. The summed E-state index contributed by atoms with van der Waals surface area (Å²) in [7, 11) is -3.61. The predicted octanol–water partition coefficient (Wildman–Crippen LogP) is 2.43. The standard InChI is InChI=1S/C19H20FNO5S/c1-3-21(12-14-7-6-8-15(20)11-14)18(22)13-26-19(23)16-9-4-5-10-17(16)27(2,24)25/h4-11H,3,12-13H2,1-2H3. The van der Waals surface area contributed by atoms with E-state index in [1.165, 1.54) is 41.3 Å². The monoisotopic (exact) mass is 393 g/mol. The van der Waals surface area contributed by atoms with Gasteiger partial charge in [0, 0.05) is 19.3 Å². The fraction of sp³-hybridized carbons (Fsp3) is 0.263. The third kappa shape index (κ3) is 5.62. The summed E-state index contributed by atoms with van der Waals surface area (Å²) in [6.45, 7) is 1.72. The Kier molecular flexibility index (Phi) is 6.68. The van der Waals surface area contributed by atoms with Crippen molar-refractivity contribution in [3.63, 3.8) is 0 Å². The molecule has 1 amide bonds. The van der Waals surface area contributed by atoms with Crippen LogP contribution >= 0.6 is 0 Å². The Morgan fingerprint density at radius 2 is 1.81 bits per heavy atom. The second kappa shape index (κ2) is 8.77. The Bertz CT molecular complexity index is 943. The Morgan fingerprint density at radius 3 is 2.44 bits per heavy atom. The molecule has 0 bridgehead atoms. The van der Waals surface area contributed by atoms with E-state index in [1.807, 2.05) is 0 Å². The number of rotatable bonds is 7. The van der Waals surface area contributed by atoms with Crippen LogP contribution in [0.3, 0.4) is 0 Å². The van der Waals surface area contributed by atoms with Crippen molar-refractivity contribution >= 4 is 21.7 Å². The summed E-state index contributed by atoms with van der Waals surface area (Å²) in [5, 5.41) is 0. The Balaban J connectivity index is 2.05. The molecule has 0 aliphatic carbocycles. The van der Waals surface area contributed by atoms with Gasteiger partial charge in [-0.15, -0.1) is 0 Å². The summed E-state index contributed by atoms with van der Waals surface area (Å²) < 4.78 is 41.8. The normalized spacial score (nSPS) is 11.1. The van der Waals surface area contributed by atoms with Crippen LogP contribution in [-0.4, -0.2) is 44.6 Å². The third-order valence-electron chi connectivity index (χ3n) is 3.83. The van der Waals surface area contributed by atoms with Gasteiger partial charge in [0.15, 0.2) is 16.4 Å². The minimum absolute atomic E-state index is 0.124. The fourth-order valence-corrected chi connectivity index (χ4v) is 3.36. The molecule has 2 rings (SSSR count). The van der Waals surface area contributed by atoms with Crippen LogP contribution < -0.4 is 0 Å². The number of benzene rings is 2. The first-order valence-corrected chi connectivity index (χ1v) is 10.1. The van der Waals surface area contributed by atoms with E-state index < -0.39 is 34.1 Å². The largest absolute Gasteiger partial charge is 0.452 e. The van der Waals surface area contributed by atoms with Crippen LogP contribution in [0.25, 0.3) is 0 Å². The first kappa shape index (κ1) is 20.6. The lowest BCUT2D eigenvalue weighted by molar-refractivity contribution is -0.134. The van der Waals surface area contributed by atoms with Gasteiger partial charge in [0.25, 0.3) is 5.91 Å². The number of likely N-dealkylation sites (N-methyl/N-ethyl adjacent to an activating group) is 1. The lowest BCUT2D eigenvalue weighted by atomic mass is 10.2. The SMILES string of the molecule is CCN(Cc1cccc(F)c1)C(=O)COC(=O)c1ccccc1S(C)(=O)=O. The van der Waals surface area contributed by atoms with Crippen LogP contribution in [0.2, 0.25) is 0 Å². The number of halogens is 1. The first-order chi connectivity index (χ1) is 12.7. The number of hydrogen-bond donors (Lipinski definition) is 0. The van der Waals surface area contributed by atoms with Crippen molar-refractivity contribution in [2.75, 3.05) is 19.4 Å². The molecular formula is C19H20FNO5S. The molecule has 0 fully saturated rings. The smallest absolute Gasteiger partial charge is 0.339 e. The molecule has 0 aromatic heterocycles. The number of hydrogen-bond acceptors (Lipinski definition) is 5. The van der Waals surface area contributed by atoms with Gasteiger partial charge in [-0.05, 0) is 36.8 Å². The van der Waals surface area contributed by atoms with Gasteiger partial charge in [-0.1, -0.05) is 24.3 Å². The summed E-state index contributed by atoms with van der Waals surface area (Å²) in [5.74, 6) is -1.77. The van der Waals surface area contributed by atoms with Gasteiger partial charge in [-0.2, -0.15) is 0 Å². The highest BCUT2D eigenvalue weighted by Crippen LogP contribution is 2.16. The molecule has 0 atom stereocenters. The molecule has 0 saturated heterocycles. The van der Waals surface area contributed by atoms with Crippen LogP contribution in [0.1, 0.15) is 22.8 Å². The van der Waals surface area contributed by atoms with Crippen molar-refractivity contribution < 1.29 is 27.1 Å². The molecule has 0 N–H and O–H groups in total. The van der Waals surface area contributed by atoms with Crippen molar-refractivity contribution in [1.29, 1.82) is 0 Å². The summed E-state index contributed by atoms with van der Waals surface area (Å²) in [5.41, 5.74) is 0.486. The van der Waals surface area contributed by atoms with Crippen LogP contribution in [0, 0.1) is 5.82 Å². The van der Waals surface area contributed by atoms with Gasteiger partial charge in [-0.3, -0.25) is 4.79 Å². The molecule has 0 heterocycles. The maximum Gasteiger partial charge on any atom is 0.339 e. The van der Waals surface area contributed by atoms with Gasteiger partial charge in [0.1, 0.15) is 5.82 Å². The number of carbonyl (C=O) groups is 2. The lowest BCUT2D eigenvalue weighted by Gasteiger charge is -2.21. The molecular weight excluding hydrogens is 373 g/mol. The Morgan fingerprint density at radius 1 is 1.11 bits per heavy atom. The average molecular weight is 393 g/mol. The first-order valence-electron chi connectivity index (χ1n) is 8.20. The minimum atomic E-state index is -3.61. The van der Waals surface area contributed by atoms with Crippen LogP contribution in [-0.2, 0) is 25.9 Å². The van der Waals surface area contributed by atoms with E-state index in [4.69, 9.17) is 4.74 Å². The van der Waals surface area contributed by atoms with Crippen molar-refractivity contribution in [3.8, 4) is 0 Å². The summed E-state index contributed by atoms with van der Waals surface area (Å²) in [6, 6.07) is 11.5. The zero-order chi connectivity index (χ0) is 20.0. The van der Waals surface area contributed by atoms with E-state index in [1.54, 1.807) is 19.1 Å². The summed E-state index contributed by atoms with van der Waals surface area (Å²) >= 11 is 0. The van der Waals surface area contributed by atoms with Crippen LogP contribution in [0.5, 0.6) is 0 Å². The average Bonchev–Trinajstić information content (AvgIpc) is 2.63. The number of carbonyl (C=O) groups excluding carboxylic acids is 2. The Labute approximate surface area is 157 Å². The van der Waals surface area contributed by atoms with Gasteiger partial charge < -0.3 is 9.64 Å². The molecule has 2 aromatic rings. The van der Waals surface area contributed by atoms with Gasteiger partial charge in [0.2, 0.25) is 0 Å². The van der Waals surface area contributed by atoms with Crippen molar-refractivity contribution in [2.45, 2.75) is 18.4 Å². The van der Waals surface area contributed by atoms with E-state index in [0.717, 1.165) is 6.26 Å². The van der Waals surface area contributed by atoms with Crippen molar-refractivity contribution in [2.24, 2.45) is 0 Å². The molecule has 144 valence electrons. The number of amides is 1. The van der Waals surface area contributed by atoms with Crippen LogP contribution in [0.4, 0.5) is 4.39 Å². The predicted molar refractivity (Wildman–Crippen MR) is 97.3 cm³/mol. The minimum Gasteiger partial charge on any atom is -0.452 e. The maximum atomic E-state index is 13.3. The van der Waals surface area contributed by atoms with E-state index in [2.05, 4.69) is 0 Å². The zero-order valence-electron chi connectivity index (χ0n) is 15.0. The van der Waals surface area contributed by atoms with Crippen molar-refractivity contribution in [3.05, 3.63) is 65.5 Å². The molecule has 0 radical (unpaired) electrons. The molecule has 0 aliphatic heterocycles. The number of ether oxygens (including phenoxy) is 1. The highest BCUT2D eigenvalue weighted by Gasteiger charge is 2.21. The highest BCUT2D eigenvalue weighted by atomic mass is 32.2. The lowest BCUT2D eigenvalue weighted by Crippen LogP contribution is -2.34. The van der Waals surface area contributed by atoms with Crippen LogP contribution in [0.15, 0.2) is 53.4 Å². The molecule has 0 unspecified atom stereocenters. The maximum absolute atomic E-state index is 13.3. The molecule has 0 saturated carbocycles. The van der Waals surface area contributed by atoms with E-state index in [0.29, 0.717) is 12.1 Å². The highest BCUT2D eigenvalue weighted by molar-refractivity contribution is 7.90. The number of nitrogens with zero attached hydrogens (tertiary/aromatic N) is 1. The van der Waals surface area contributed by atoms with Gasteiger partial charge in [-0.25, -0.2) is 17.6 Å². The number of sulfone groups is 1. The number of esters is 1. The topological polar surface area (TPSA) is 80.8 Å². The molecule has 2 aromatic carbocycles. The third-order valence-corrected chi connectivity index (χ3v) is 4.99. The second-order valence-electron chi connectivity index (χ2n) is 5.88.